The third-order valence-corrected chi connectivity index (χ3v) is 5.57. The Bertz CT molecular complexity index is 514. The first-order valence-corrected chi connectivity index (χ1v) is 9.61. The van der Waals surface area contributed by atoms with Gasteiger partial charge in [0, 0.05) is 29.9 Å². The lowest BCUT2D eigenvalue weighted by atomic mass is 9.86. The van der Waals surface area contributed by atoms with E-state index >= 15 is 0 Å². The van der Waals surface area contributed by atoms with Crippen LogP contribution in [0.25, 0.3) is 0 Å². The fourth-order valence-corrected chi connectivity index (χ4v) is 3.91. The van der Waals surface area contributed by atoms with Crippen LogP contribution < -0.4 is 16.4 Å². The second-order valence-corrected chi connectivity index (χ2v) is 7.55. The highest BCUT2D eigenvalue weighted by atomic mass is 16.1. The van der Waals surface area contributed by atoms with Crippen LogP contribution in [0.2, 0.25) is 0 Å². The van der Waals surface area contributed by atoms with Gasteiger partial charge in [-0.05, 0) is 68.7 Å². The molecule has 0 saturated heterocycles. The number of rotatable bonds is 5. The fraction of sp³-hybridized carbons (Fsp3) is 0.650. The third-order valence-electron chi connectivity index (χ3n) is 5.57. The van der Waals surface area contributed by atoms with Gasteiger partial charge in [-0.25, -0.2) is 0 Å². The van der Waals surface area contributed by atoms with Gasteiger partial charge in [0.15, 0.2) is 0 Å². The van der Waals surface area contributed by atoms with Gasteiger partial charge in [-0.15, -0.1) is 0 Å². The van der Waals surface area contributed by atoms with Crippen molar-refractivity contribution in [2.45, 2.75) is 69.9 Å². The average molecular weight is 329 g/mol. The highest BCUT2D eigenvalue weighted by molar-refractivity contribution is 5.94. The maximum Gasteiger partial charge on any atom is 0.251 e. The SMILES string of the molecule is N[C@H]1CC[C@H](CNc2ccc(C(=O)NC3CCCCC3)cc2)CC1. The van der Waals surface area contributed by atoms with Crippen LogP contribution in [-0.2, 0) is 0 Å². The van der Waals surface area contributed by atoms with Crippen molar-refractivity contribution < 1.29 is 4.79 Å². The Morgan fingerprint density at radius 3 is 2.29 bits per heavy atom. The van der Waals surface area contributed by atoms with E-state index < -0.39 is 0 Å². The van der Waals surface area contributed by atoms with E-state index in [1.54, 1.807) is 0 Å². The van der Waals surface area contributed by atoms with Gasteiger partial charge in [0.2, 0.25) is 0 Å². The van der Waals surface area contributed by atoms with Crippen molar-refractivity contribution in [1.82, 2.24) is 5.32 Å². The minimum atomic E-state index is 0.0646. The molecule has 1 aromatic rings. The van der Waals surface area contributed by atoms with Gasteiger partial charge >= 0.3 is 0 Å². The van der Waals surface area contributed by atoms with E-state index in [2.05, 4.69) is 10.6 Å². The van der Waals surface area contributed by atoms with E-state index in [0.29, 0.717) is 12.1 Å². The van der Waals surface area contributed by atoms with Crippen LogP contribution in [0.4, 0.5) is 5.69 Å². The molecule has 2 saturated carbocycles. The number of hydrogen-bond acceptors (Lipinski definition) is 3. The molecule has 132 valence electrons. The Kier molecular flexibility index (Phi) is 6.13. The summed E-state index contributed by atoms with van der Waals surface area (Å²) < 4.78 is 0. The molecule has 1 aromatic carbocycles. The van der Waals surface area contributed by atoms with Gasteiger partial charge in [-0.1, -0.05) is 19.3 Å². The average Bonchev–Trinajstić information content (AvgIpc) is 2.62. The van der Waals surface area contributed by atoms with Crippen molar-refractivity contribution in [2.75, 3.05) is 11.9 Å². The molecule has 24 heavy (non-hydrogen) atoms. The lowest BCUT2D eigenvalue weighted by Gasteiger charge is -2.26. The zero-order valence-electron chi connectivity index (χ0n) is 14.6. The van der Waals surface area contributed by atoms with E-state index in [1.165, 1.54) is 32.1 Å². The van der Waals surface area contributed by atoms with E-state index in [0.717, 1.165) is 49.4 Å². The molecule has 0 radical (unpaired) electrons. The first-order valence-electron chi connectivity index (χ1n) is 9.61. The molecule has 0 aromatic heterocycles. The summed E-state index contributed by atoms with van der Waals surface area (Å²) in [4.78, 5) is 12.3. The minimum Gasteiger partial charge on any atom is -0.385 e. The summed E-state index contributed by atoms with van der Waals surface area (Å²) in [6.45, 7) is 1.00. The first kappa shape index (κ1) is 17.3. The topological polar surface area (TPSA) is 67.1 Å². The number of nitrogens with one attached hydrogen (secondary N) is 2. The summed E-state index contributed by atoms with van der Waals surface area (Å²) >= 11 is 0. The van der Waals surface area contributed by atoms with Crippen molar-refractivity contribution in [1.29, 1.82) is 0 Å². The van der Waals surface area contributed by atoms with Gasteiger partial charge in [-0.3, -0.25) is 4.79 Å². The van der Waals surface area contributed by atoms with Crippen molar-refractivity contribution in [3.05, 3.63) is 29.8 Å². The Morgan fingerprint density at radius 1 is 0.958 bits per heavy atom. The zero-order chi connectivity index (χ0) is 16.8. The molecule has 0 unspecified atom stereocenters. The van der Waals surface area contributed by atoms with Crippen LogP contribution in [0.1, 0.15) is 68.1 Å². The summed E-state index contributed by atoms with van der Waals surface area (Å²) in [5.74, 6) is 0.786. The summed E-state index contributed by atoms with van der Waals surface area (Å²) in [5.41, 5.74) is 7.81. The highest BCUT2D eigenvalue weighted by Crippen LogP contribution is 2.24. The highest BCUT2D eigenvalue weighted by Gasteiger charge is 2.18. The summed E-state index contributed by atoms with van der Waals surface area (Å²) in [6.07, 6.45) is 10.7. The van der Waals surface area contributed by atoms with Crippen molar-refractivity contribution in [3.8, 4) is 0 Å². The molecule has 0 bridgehead atoms. The number of amides is 1. The lowest BCUT2D eigenvalue weighted by molar-refractivity contribution is 0.0928. The van der Waals surface area contributed by atoms with Gasteiger partial charge < -0.3 is 16.4 Å². The second-order valence-electron chi connectivity index (χ2n) is 7.55. The molecule has 0 aliphatic heterocycles. The minimum absolute atomic E-state index is 0.0646. The normalized spacial score (nSPS) is 25.2. The summed E-state index contributed by atoms with van der Waals surface area (Å²) in [7, 11) is 0. The number of benzene rings is 1. The number of nitrogens with two attached hydrogens (primary N) is 1. The Morgan fingerprint density at radius 2 is 1.62 bits per heavy atom. The van der Waals surface area contributed by atoms with Crippen LogP contribution >= 0.6 is 0 Å². The molecule has 2 aliphatic carbocycles. The van der Waals surface area contributed by atoms with Gasteiger partial charge in [0.05, 0.1) is 0 Å². The summed E-state index contributed by atoms with van der Waals surface area (Å²) in [5, 5.41) is 6.68. The van der Waals surface area contributed by atoms with Gasteiger partial charge in [-0.2, -0.15) is 0 Å². The molecule has 2 aliphatic rings. The number of hydrogen-bond donors (Lipinski definition) is 3. The molecule has 0 atom stereocenters. The molecular weight excluding hydrogens is 298 g/mol. The largest absolute Gasteiger partial charge is 0.385 e. The first-order chi connectivity index (χ1) is 11.7. The fourth-order valence-electron chi connectivity index (χ4n) is 3.91. The van der Waals surface area contributed by atoms with Crippen LogP contribution in [0.3, 0.4) is 0 Å². The molecule has 4 heteroatoms. The van der Waals surface area contributed by atoms with Crippen molar-refractivity contribution in [2.24, 2.45) is 11.7 Å². The smallest absolute Gasteiger partial charge is 0.251 e. The lowest BCUT2D eigenvalue weighted by Crippen LogP contribution is -2.36. The van der Waals surface area contributed by atoms with Crippen LogP contribution in [0, 0.1) is 5.92 Å². The van der Waals surface area contributed by atoms with Crippen LogP contribution in [-0.4, -0.2) is 24.5 Å². The van der Waals surface area contributed by atoms with E-state index in [-0.39, 0.29) is 5.91 Å². The molecular formula is C20H31N3O. The molecule has 2 fully saturated rings. The predicted molar refractivity (Wildman–Crippen MR) is 99.2 cm³/mol. The molecule has 3 rings (SSSR count). The second kappa shape index (κ2) is 8.52. The van der Waals surface area contributed by atoms with Crippen molar-refractivity contribution >= 4 is 11.6 Å². The standard InChI is InChI=1S/C20H31N3O/c21-17-10-6-15(7-11-17)14-22-18-12-8-16(9-13-18)20(24)23-19-4-2-1-3-5-19/h8-9,12-13,15,17,19,22H,1-7,10-11,14,21H2,(H,23,24)/t15-,17-. The Hall–Kier alpha value is -1.55. The number of carbonyl (C=O) groups excluding carboxylic acids is 1. The summed E-state index contributed by atoms with van der Waals surface area (Å²) in [6, 6.07) is 8.66. The maximum atomic E-state index is 12.3. The molecule has 0 spiro atoms. The Balaban J connectivity index is 1.45. The van der Waals surface area contributed by atoms with Gasteiger partial charge in [0.1, 0.15) is 0 Å². The molecule has 4 N–H and O–H groups in total. The molecule has 1 amide bonds. The Labute approximate surface area is 145 Å². The monoisotopic (exact) mass is 329 g/mol. The van der Waals surface area contributed by atoms with E-state index in [9.17, 15) is 4.79 Å². The van der Waals surface area contributed by atoms with E-state index in [1.807, 2.05) is 24.3 Å². The van der Waals surface area contributed by atoms with Crippen molar-refractivity contribution in [3.63, 3.8) is 0 Å². The van der Waals surface area contributed by atoms with E-state index in [4.69, 9.17) is 5.73 Å². The molecule has 4 nitrogen and oxygen atoms in total. The van der Waals surface area contributed by atoms with Crippen LogP contribution in [0.5, 0.6) is 0 Å². The molecule has 0 heterocycles. The zero-order valence-corrected chi connectivity index (χ0v) is 14.6. The van der Waals surface area contributed by atoms with Crippen LogP contribution in [0.15, 0.2) is 24.3 Å². The third kappa shape index (κ3) is 4.97. The van der Waals surface area contributed by atoms with Gasteiger partial charge in [0.25, 0.3) is 5.91 Å². The maximum absolute atomic E-state index is 12.3. The number of anilines is 1. The number of carbonyl (C=O) groups is 1. The predicted octanol–water partition coefficient (Wildman–Crippen LogP) is 3.68. The quantitative estimate of drug-likeness (QED) is 0.772.